The number of carbonyl (C=O) groups excluding carboxylic acids is 1. The van der Waals surface area contributed by atoms with Gasteiger partial charge in [0.1, 0.15) is 23.2 Å². The first-order chi connectivity index (χ1) is 16.1. The lowest BCUT2D eigenvalue weighted by Crippen LogP contribution is -2.42. The summed E-state index contributed by atoms with van der Waals surface area (Å²) in [6, 6.07) is 17.9. The van der Waals surface area contributed by atoms with Crippen LogP contribution in [0.15, 0.2) is 67.0 Å². The fourth-order valence-electron chi connectivity index (χ4n) is 4.13. The van der Waals surface area contributed by atoms with Crippen molar-refractivity contribution in [3.05, 3.63) is 95.2 Å². The van der Waals surface area contributed by atoms with Gasteiger partial charge in [-0.1, -0.05) is 18.2 Å². The van der Waals surface area contributed by atoms with Crippen molar-refractivity contribution in [3.63, 3.8) is 0 Å². The van der Waals surface area contributed by atoms with Crippen LogP contribution < -0.4 is 4.74 Å². The molecule has 1 saturated heterocycles. The van der Waals surface area contributed by atoms with E-state index in [9.17, 15) is 4.79 Å². The first kappa shape index (κ1) is 21.2. The number of pyridine rings is 2. The standard InChI is InChI=1S/C26H26N4O3/c1-18-9-10-29-16-23(28-25(29)13-18)26(31)30-11-12-33-24(17-30)22-8-4-6-20(27-22)14-19-5-3-7-21(15-19)32-2/h3-10,13,15-16,24H,11-12,14,17H2,1-2H3. The van der Waals surface area contributed by atoms with Gasteiger partial charge in [-0.2, -0.15) is 0 Å². The molecule has 3 aromatic heterocycles. The summed E-state index contributed by atoms with van der Waals surface area (Å²) in [5, 5.41) is 0. The Bertz CT molecular complexity index is 1300. The Labute approximate surface area is 192 Å². The average molecular weight is 443 g/mol. The highest BCUT2D eigenvalue weighted by Crippen LogP contribution is 2.23. The molecule has 1 aromatic carbocycles. The predicted molar refractivity (Wildman–Crippen MR) is 125 cm³/mol. The predicted octanol–water partition coefficient (Wildman–Crippen LogP) is 3.85. The van der Waals surface area contributed by atoms with E-state index < -0.39 is 0 Å². The molecule has 1 fully saturated rings. The number of morpholine rings is 1. The molecule has 33 heavy (non-hydrogen) atoms. The molecule has 1 aliphatic rings. The maximum absolute atomic E-state index is 13.2. The topological polar surface area (TPSA) is 69.0 Å². The molecule has 0 bridgehead atoms. The van der Waals surface area contributed by atoms with Gasteiger partial charge in [-0.25, -0.2) is 4.98 Å². The Hall–Kier alpha value is -3.71. The van der Waals surface area contributed by atoms with E-state index in [2.05, 4.69) is 11.1 Å². The Morgan fingerprint density at radius 2 is 2.03 bits per heavy atom. The van der Waals surface area contributed by atoms with Crippen LogP contribution in [0.5, 0.6) is 5.75 Å². The first-order valence-corrected chi connectivity index (χ1v) is 11.0. The number of hydrogen-bond donors (Lipinski definition) is 0. The zero-order valence-corrected chi connectivity index (χ0v) is 18.8. The van der Waals surface area contributed by atoms with E-state index in [1.54, 1.807) is 18.2 Å². The number of nitrogens with zero attached hydrogens (tertiary/aromatic N) is 4. The molecule has 1 unspecified atom stereocenters. The molecule has 0 radical (unpaired) electrons. The van der Waals surface area contributed by atoms with Gasteiger partial charge in [-0.3, -0.25) is 9.78 Å². The highest BCUT2D eigenvalue weighted by atomic mass is 16.5. The van der Waals surface area contributed by atoms with E-state index in [1.165, 1.54) is 0 Å². The molecule has 0 N–H and O–H groups in total. The second-order valence-corrected chi connectivity index (χ2v) is 8.29. The highest BCUT2D eigenvalue weighted by Gasteiger charge is 2.28. The molecule has 168 valence electrons. The number of imidazole rings is 1. The van der Waals surface area contributed by atoms with E-state index in [4.69, 9.17) is 14.5 Å². The molecule has 1 aliphatic heterocycles. The smallest absolute Gasteiger partial charge is 0.274 e. The molecule has 1 amide bonds. The van der Waals surface area contributed by atoms with Crippen molar-refractivity contribution in [2.45, 2.75) is 19.4 Å². The van der Waals surface area contributed by atoms with Crippen LogP contribution in [0.25, 0.3) is 5.65 Å². The van der Waals surface area contributed by atoms with E-state index >= 15 is 0 Å². The van der Waals surface area contributed by atoms with Crippen LogP contribution in [0.2, 0.25) is 0 Å². The third-order valence-corrected chi connectivity index (χ3v) is 5.87. The van der Waals surface area contributed by atoms with Crippen molar-refractivity contribution in [1.29, 1.82) is 0 Å². The molecule has 0 saturated carbocycles. The van der Waals surface area contributed by atoms with Crippen LogP contribution in [0, 0.1) is 6.92 Å². The molecule has 7 nitrogen and oxygen atoms in total. The van der Waals surface area contributed by atoms with Gasteiger partial charge in [0.15, 0.2) is 0 Å². The summed E-state index contributed by atoms with van der Waals surface area (Å²) in [5.41, 5.74) is 5.24. The van der Waals surface area contributed by atoms with Crippen LogP contribution in [-0.2, 0) is 11.2 Å². The summed E-state index contributed by atoms with van der Waals surface area (Å²) in [5.74, 6) is 0.743. The van der Waals surface area contributed by atoms with Crippen LogP contribution in [-0.4, -0.2) is 52.0 Å². The number of aryl methyl sites for hydroxylation is 1. The second kappa shape index (κ2) is 9.03. The summed E-state index contributed by atoms with van der Waals surface area (Å²) >= 11 is 0. The number of benzene rings is 1. The number of ether oxygens (including phenoxy) is 2. The molecule has 5 rings (SSSR count). The SMILES string of the molecule is COc1cccc(Cc2cccc(C3CN(C(=O)c4cn5ccc(C)cc5n4)CCO3)n2)c1. The lowest BCUT2D eigenvalue weighted by molar-refractivity contribution is -0.0249. The summed E-state index contributed by atoms with van der Waals surface area (Å²) in [6.07, 6.45) is 4.14. The van der Waals surface area contributed by atoms with Crippen LogP contribution in [0.1, 0.15) is 39.1 Å². The fraction of sp³-hybridized carbons (Fsp3) is 0.269. The number of amides is 1. The first-order valence-electron chi connectivity index (χ1n) is 11.0. The Kier molecular flexibility index (Phi) is 5.79. The third kappa shape index (κ3) is 4.59. The molecule has 7 heteroatoms. The van der Waals surface area contributed by atoms with Crippen molar-refractivity contribution in [2.75, 3.05) is 26.8 Å². The minimum Gasteiger partial charge on any atom is -0.497 e. The lowest BCUT2D eigenvalue weighted by Gasteiger charge is -2.32. The van der Waals surface area contributed by atoms with Gasteiger partial charge in [-0.05, 0) is 54.4 Å². The molecule has 4 heterocycles. The van der Waals surface area contributed by atoms with Crippen LogP contribution >= 0.6 is 0 Å². The molecular formula is C26H26N4O3. The van der Waals surface area contributed by atoms with Gasteiger partial charge in [-0.15, -0.1) is 0 Å². The lowest BCUT2D eigenvalue weighted by atomic mass is 10.1. The zero-order valence-electron chi connectivity index (χ0n) is 18.8. The second-order valence-electron chi connectivity index (χ2n) is 8.29. The molecule has 0 spiro atoms. The zero-order chi connectivity index (χ0) is 22.8. The molecule has 4 aromatic rings. The van der Waals surface area contributed by atoms with Gasteiger partial charge in [0, 0.05) is 31.1 Å². The van der Waals surface area contributed by atoms with Gasteiger partial charge in [0.2, 0.25) is 0 Å². The van der Waals surface area contributed by atoms with Crippen molar-refractivity contribution in [2.24, 2.45) is 0 Å². The minimum absolute atomic E-state index is 0.0859. The summed E-state index contributed by atoms with van der Waals surface area (Å²) in [4.78, 5) is 24.3. The monoisotopic (exact) mass is 442 g/mol. The van der Waals surface area contributed by atoms with Crippen molar-refractivity contribution in [3.8, 4) is 5.75 Å². The Morgan fingerprint density at radius 3 is 2.91 bits per heavy atom. The number of rotatable bonds is 5. The quantitative estimate of drug-likeness (QED) is 0.470. The maximum atomic E-state index is 13.2. The Balaban J connectivity index is 1.31. The van der Waals surface area contributed by atoms with Gasteiger partial charge in [0.25, 0.3) is 5.91 Å². The van der Waals surface area contributed by atoms with Crippen molar-refractivity contribution < 1.29 is 14.3 Å². The van der Waals surface area contributed by atoms with E-state index in [-0.39, 0.29) is 12.0 Å². The number of carbonyl (C=O) groups is 1. The van der Waals surface area contributed by atoms with Crippen molar-refractivity contribution in [1.82, 2.24) is 19.3 Å². The van der Waals surface area contributed by atoms with Gasteiger partial charge >= 0.3 is 0 Å². The molecule has 0 aliphatic carbocycles. The summed E-state index contributed by atoms with van der Waals surface area (Å²) in [7, 11) is 1.67. The minimum atomic E-state index is -0.271. The van der Waals surface area contributed by atoms with Gasteiger partial charge < -0.3 is 18.8 Å². The van der Waals surface area contributed by atoms with Crippen LogP contribution in [0.3, 0.4) is 0 Å². The maximum Gasteiger partial charge on any atom is 0.274 e. The Morgan fingerprint density at radius 1 is 1.15 bits per heavy atom. The van der Waals surface area contributed by atoms with Crippen molar-refractivity contribution >= 4 is 11.6 Å². The third-order valence-electron chi connectivity index (χ3n) is 5.87. The number of methoxy groups -OCH3 is 1. The van der Waals surface area contributed by atoms with E-state index in [1.807, 2.05) is 66.1 Å². The summed E-state index contributed by atoms with van der Waals surface area (Å²) < 4.78 is 13.2. The summed E-state index contributed by atoms with van der Waals surface area (Å²) in [6.45, 7) is 3.45. The number of hydrogen-bond acceptors (Lipinski definition) is 5. The van der Waals surface area contributed by atoms with Crippen LogP contribution in [0.4, 0.5) is 0 Å². The molecule has 1 atom stereocenters. The fourth-order valence-corrected chi connectivity index (χ4v) is 4.13. The normalized spacial score (nSPS) is 16.2. The van der Waals surface area contributed by atoms with E-state index in [0.717, 1.165) is 33.9 Å². The van der Waals surface area contributed by atoms with Gasteiger partial charge in [0.05, 0.1) is 26.0 Å². The van der Waals surface area contributed by atoms with E-state index in [0.29, 0.717) is 31.8 Å². The number of aromatic nitrogens is 3. The largest absolute Gasteiger partial charge is 0.497 e. The molecular weight excluding hydrogens is 416 g/mol. The number of fused-ring (bicyclic) bond motifs is 1. The average Bonchev–Trinajstić information content (AvgIpc) is 3.27. The highest BCUT2D eigenvalue weighted by molar-refractivity contribution is 5.93.